The molecule has 0 saturated carbocycles. The molecule has 0 heterocycles. The largest absolute Gasteiger partial charge is 0.674 e. The summed E-state index contributed by atoms with van der Waals surface area (Å²) < 4.78 is 30.3. The molecule has 0 fully saturated rings. The molecule has 88 valence electrons. The summed E-state index contributed by atoms with van der Waals surface area (Å²) in [4.78, 5) is 0. The highest BCUT2D eigenvalue weighted by molar-refractivity contribution is 6.32. The standard InChI is InChI=1S/C2H3N.3BFH2O2/c1-2-3;3*2-1(3)4/h1H3;3*3-4H. The van der Waals surface area contributed by atoms with E-state index in [1.165, 1.54) is 6.92 Å². The summed E-state index contributed by atoms with van der Waals surface area (Å²) >= 11 is 0. The molecule has 0 rings (SSSR count). The van der Waals surface area contributed by atoms with Gasteiger partial charge >= 0.3 is 22.2 Å². The van der Waals surface area contributed by atoms with E-state index in [0.29, 0.717) is 0 Å². The van der Waals surface area contributed by atoms with Crippen molar-refractivity contribution in [1.29, 1.82) is 5.26 Å². The van der Waals surface area contributed by atoms with Crippen LogP contribution in [0.1, 0.15) is 6.92 Å². The van der Waals surface area contributed by atoms with Gasteiger partial charge in [-0.25, -0.2) is 0 Å². The van der Waals surface area contributed by atoms with Crippen molar-refractivity contribution in [2.45, 2.75) is 6.92 Å². The molecule has 0 bridgehead atoms. The van der Waals surface area contributed by atoms with Gasteiger partial charge in [0.2, 0.25) is 0 Å². The lowest BCUT2D eigenvalue weighted by atomic mass is 10.3. The second-order valence-corrected chi connectivity index (χ2v) is 1.16. The molecule has 0 aromatic heterocycles. The summed E-state index contributed by atoms with van der Waals surface area (Å²) in [6, 6.07) is 1.75. The van der Waals surface area contributed by atoms with Crippen LogP contribution in [0.15, 0.2) is 0 Å². The molecule has 0 aromatic carbocycles. The Morgan fingerprint density at radius 2 is 0.800 bits per heavy atom. The Kier molecular flexibility index (Phi) is 36.9. The van der Waals surface area contributed by atoms with Crippen LogP contribution < -0.4 is 0 Å². The lowest BCUT2D eigenvalue weighted by Crippen LogP contribution is -1.98. The predicted octanol–water partition coefficient (Wildman–Crippen LogP) is -2.69. The van der Waals surface area contributed by atoms with E-state index in [0.717, 1.165) is 0 Å². The van der Waals surface area contributed by atoms with E-state index in [2.05, 4.69) is 0 Å². The van der Waals surface area contributed by atoms with Gasteiger partial charge in [-0.1, -0.05) is 0 Å². The summed E-state index contributed by atoms with van der Waals surface area (Å²) in [6.45, 7) is 1.43. The first-order valence-corrected chi connectivity index (χ1v) is 2.93. The van der Waals surface area contributed by atoms with Crippen LogP contribution in [0.3, 0.4) is 0 Å². The number of halogens is 3. The number of hydrogen-bond donors (Lipinski definition) is 6. The smallest absolute Gasteiger partial charge is 0.398 e. The molecule has 0 aliphatic rings. The minimum Gasteiger partial charge on any atom is -0.398 e. The number of nitrogens with zero attached hydrogens (tertiary/aromatic N) is 1. The van der Waals surface area contributed by atoms with Gasteiger partial charge < -0.3 is 30.1 Å². The molecule has 15 heavy (non-hydrogen) atoms. The zero-order valence-electron chi connectivity index (χ0n) is 7.50. The van der Waals surface area contributed by atoms with E-state index in [1.807, 2.05) is 0 Å². The number of nitriles is 1. The zero-order valence-corrected chi connectivity index (χ0v) is 7.50. The van der Waals surface area contributed by atoms with Gasteiger partial charge in [0, 0.05) is 6.92 Å². The average Bonchev–Trinajstić information content (AvgIpc) is 1.81. The first-order valence-electron chi connectivity index (χ1n) is 2.93. The Hall–Kier alpha value is -0.765. The van der Waals surface area contributed by atoms with E-state index < -0.39 is 22.2 Å². The topological polar surface area (TPSA) is 145 Å². The molecule has 0 amide bonds. The van der Waals surface area contributed by atoms with Crippen molar-refractivity contribution in [2.24, 2.45) is 0 Å². The lowest BCUT2D eigenvalue weighted by molar-refractivity contribution is 0.338. The molecule has 0 radical (unpaired) electrons. The van der Waals surface area contributed by atoms with Crippen molar-refractivity contribution in [2.75, 3.05) is 0 Å². The summed E-state index contributed by atoms with van der Waals surface area (Å²) in [7, 11) is -8.00. The highest BCUT2D eigenvalue weighted by Crippen LogP contribution is 1.58. The molecule has 13 heteroatoms. The van der Waals surface area contributed by atoms with E-state index in [1.54, 1.807) is 6.07 Å². The van der Waals surface area contributed by atoms with E-state index >= 15 is 0 Å². The van der Waals surface area contributed by atoms with Crippen molar-refractivity contribution < 1.29 is 43.1 Å². The van der Waals surface area contributed by atoms with Crippen LogP contribution in [0.5, 0.6) is 0 Å². The van der Waals surface area contributed by atoms with Crippen molar-refractivity contribution in [3.05, 3.63) is 0 Å². The fourth-order valence-electron chi connectivity index (χ4n) is 0. The molecule has 0 aliphatic carbocycles. The summed E-state index contributed by atoms with van der Waals surface area (Å²) in [5.74, 6) is 0. The first kappa shape index (κ1) is 23.8. The molecule has 6 N–H and O–H groups in total. The van der Waals surface area contributed by atoms with Crippen LogP contribution in [0.25, 0.3) is 0 Å². The quantitative estimate of drug-likeness (QED) is 0.249. The molecule has 0 aromatic rings. The Morgan fingerprint density at radius 3 is 0.800 bits per heavy atom. The number of rotatable bonds is 0. The van der Waals surface area contributed by atoms with Gasteiger partial charge in [0.25, 0.3) is 0 Å². The maximum atomic E-state index is 10.1. The predicted molar refractivity (Wildman–Crippen MR) is 45.2 cm³/mol. The van der Waals surface area contributed by atoms with Crippen molar-refractivity contribution in [1.82, 2.24) is 0 Å². The maximum Gasteiger partial charge on any atom is 0.674 e. The average molecular weight is 233 g/mol. The normalized spacial score (nSPS) is 5.93. The van der Waals surface area contributed by atoms with Crippen molar-refractivity contribution in [3.63, 3.8) is 0 Å². The Bertz CT molecular complexity index is 111. The molecular formula is C2H9B3F3NO6. The second-order valence-electron chi connectivity index (χ2n) is 1.16. The Labute approximate surface area is 84.6 Å². The zero-order chi connectivity index (χ0) is 13.4. The first-order chi connectivity index (χ1) is 6.61. The third-order valence-electron chi connectivity index (χ3n) is 0. The fraction of sp³-hybridized carbons (Fsp3) is 0.500. The van der Waals surface area contributed by atoms with E-state index in [9.17, 15) is 12.9 Å². The molecule has 0 unspecified atom stereocenters. The summed E-state index contributed by atoms with van der Waals surface area (Å²) in [5.41, 5.74) is 0. The molecule has 0 aliphatic heterocycles. The maximum absolute atomic E-state index is 10.1. The van der Waals surface area contributed by atoms with E-state index in [-0.39, 0.29) is 0 Å². The highest BCUT2D eigenvalue weighted by Gasteiger charge is 1.98. The van der Waals surface area contributed by atoms with Gasteiger partial charge in [0.1, 0.15) is 0 Å². The van der Waals surface area contributed by atoms with Gasteiger partial charge in [-0.05, 0) is 0 Å². The van der Waals surface area contributed by atoms with Gasteiger partial charge in [-0.15, -0.1) is 0 Å². The minimum atomic E-state index is -2.67. The monoisotopic (exact) mass is 233 g/mol. The molecule has 0 atom stereocenters. The van der Waals surface area contributed by atoms with Gasteiger partial charge in [0.05, 0.1) is 6.07 Å². The third kappa shape index (κ3) is 2850. The van der Waals surface area contributed by atoms with Crippen LogP contribution in [0.2, 0.25) is 0 Å². The molecule has 7 nitrogen and oxygen atoms in total. The van der Waals surface area contributed by atoms with Crippen LogP contribution in [-0.4, -0.2) is 52.3 Å². The van der Waals surface area contributed by atoms with Crippen molar-refractivity contribution >= 4 is 22.2 Å². The van der Waals surface area contributed by atoms with E-state index in [4.69, 9.17) is 35.4 Å². The van der Waals surface area contributed by atoms with Crippen LogP contribution in [0, 0.1) is 11.3 Å². The lowest BCUT2D eigenvalue weighted by Gasteiger charge is -1.65. The SMILES string of the molecule is CC#N.OB(O)F.OB(O)F.OB(O)F. The van der Waals surface area contributed by atoms with Crippen LogP contribution in [-0.2, 0) is 0 Å². The second kappa shape index (κ2) is 23.2. The van der Waals surface area contributed by atoms with Gasteiger partial charge in [-0.3, -0.25) is 12.9 Å². The number of hydrogen-bond acceptors (Lipinski definition) is 7. The van der Waals surface area contributed by atoms with Crippen LogP contribution >= 0.6 is 0 Å². The molecule has 0 spiro atoms. The fourth-order valence-corrected chi connectivity index (χ4v) is 0. The third-order valence-corrected chi connectivity index (χ3v) is 0. The molecule has 0 saturated heterocycles. The van der Waals surface area contributed by atoms with Gasteiger partial charge in [-0.2, -0.15) is 5.26 Å². The highest BCUT2D eigenvalue weighted by atomic mass is 19.1. The summed E-state index contributed by atoms with van der Waals surface area (Å²) in [6.07, 6.45) is 0. The summed E-state index contributed by atoms with van der Waals surface area (Å²) in [5, 5.41) is 49.0. The van der Waals surface area contributed by atoms with Gasteiger partial charge in [0.15, 0.2) is 0 Å². The Balaban J connectivity index is -0.0000000542. The Morgan fingerprint density at radius 1 is 0.800 bits per heavy atom. The van der Waals surface area contributed by atoms with Crippen LogP contribution in [0.4, 0.5) is 12.9 Å². The molecular weight excluding hydrogens is 223 g/mol. The minimum absolute atomic E-state index is 1.43. The van der Waals surface area contributed by atoms with Crippen molar-refractivity contribution in [3.8, 4) is 6.07 Å².